The molecule has 3 heterocycles. The van der Waals surface area contributed by atoms with Gasteiger partial charge >= 0.3 is 6.03 Å². The summed E-state index contributed by atoms with van der Waals surface area (Å²) in [6, 6.07) is 22.0. The Bertz CT molecular complexity index is 1390. The summed E-state index contributed by atoms with van der Waals surface area (Å²) in [5, 5.41) is 2.95. The van der Waals surface area contributed by atoms with E-state index in [-0.39, 0.29) is 18.5 Å². The summed E-state index contributed by atoms with van der Waals surface area (Å²) < 4.78 is 13.6. The summed E-state index contributed by atoms with van der Waals surface area (Å²) in [5.41, 5.74) is 3.16. The minimum Gasteiger partial charge on any atom is -0.492 e. The second kappa shape index (κ2) is 11.3. The van der Waals surface area contributed by atoms with Crippen molar-refractivity contribution in [2.24, 2.45) is 0 Å². The number of hydrogen-bond acceptors (Lipinski definition) is 4. The number of amides is 3. The van der Waals surface area contributed by atoms with Crippen LogP contribution in [0.15, 0.2) is 89.7 Å². The summed E-state index contributed by atoms with van der Waals surface area (Å²) in [7, 11) is 0. The van der Waals surface area contributed by atoms with Gasteiger partial charge in [-0.3, -0.25) is 9.69 Å². The number of carbonyl (C=O) groups excluding carboxylic acids is 2. The highest BCUT2D eigenvalue weighted by Crippen LogP contribution is 2.42. The van der Waals surface area contributed by atoms with Crippen LogP contribution in [0.1, 0.15) is 44.2 Å². The Morgan fingerprint density at radius 1 is 0.974 bits per heavy atom. The standard InChI is InChI=1S/C30H32N4O4/c1-3-5-18-32(30(36)31-22-12-6-9-16-26(22)37-4-2)21-28(35)34-24-14-8-7-13-23(24)33-19-10-15-25(33)29(34)27-17-11-20-38-27/h6-17,19-20,29H,3-5,18,21H2,1-2H3,(H,31,36). The molecule has 2 aromatic heterocycles. The zero-order chi connectivity index (χ0) is 26.5. The Morgan fingerprint density at radius 3 is 2.53 bits per heavy atom. The van der Waals surface area contributed by atoms with Gasteiger partial charge in [-0.1, -0.05) is 37.6 Å². The van der Waals surface area contributed by atoms with Crippen molar-refractivity contribution in [1.82, 2.24) is 9.47 Å². The van der Waals surface area contributed by atoms with Crippen LogP contribution in [0.3, 0.4) is 0 Å². The van der Waals surface area contributed by atoms with Crippen LogP contribution in [0.5, 0.6) is 5.75 Å². The highest BCUT2D eigenvalue weighted by molar-refractivity contribution is 6.01. The van der Waals surface area contributed by atoms with Crippen molar-refractivity contribution >= 4 is 23.3 Å². The fourth-order valence-electron chi connectivity index (χ4n) is 4.86. The fraction of sp³-hybridized carbons (Fsp3) is 0.267. The van der Waals surface area contributed by atoms with E-state index >= 15 is 0 Å². The lowest BCUT2D eigenvalue weighted by molar-refractivity contribution is -0.119. The minimum absolute atomic E-state index is 0.0884. The molecule has 0 bridgehead atoms. The molecule has 0 spiro atoms. The zero-order valence-corrected chi connectivity index (χ0v) is 21.7. The average molecular weight is 513 g/mol. The second-order valence-electron chi connectivity index (χ2n) is 9.11. The molecule has 1 aliphatic heterocycles. The lowest BCUT2D eigenvalue weighted by Gasteiger charge is -2.38. The molecular weight excluding hydrogens is 480 g/mol. The smallest absolute Gasteiger partial charge is 0.322 e. The maximum atomic E-state index is 14.1. The van der Waals surface area contributed by atoms with Crippen LogP contribution in [0.4, 0.5) is 16.2 Å². The molecule has 0 radical (unpaired) electrons. The molecule has 8 nitrogen and oxygen atoms in total. The topological polar surface area (TPSA) is 80.0 Å². The lowest BCUT2D eigenvalue weighted by atomic mass is 10.0. The van der Waals surface area contributed by atoms with Crippen LogP contribution in [0.25, 0.3) is 5.69 Å². The fourth-order valence-corrected chi connectivity index (χ4v) is 4.86. The van der Waals surface area contributed by atoms with Crippen LogP contribution in [-0.2, 0) is 4.79 Å². The number of rotatable bonds is 9. The Morgan fingerprint density at radius 2 is 1.76 bits per heavy atom. The van der Waals surface area contributed by atoms with Crippen LogP contribution >= 0.6 is 0 Å². The van der Waals surface area contributed by atoms with Gasteiger partial charge in [-0.15, -0.1) is 0 Å². The number of anilines is 2. The molecule has 1 unspecified atom stereocenters. The molecule has 2 aromatic carbocycles. The van der Waals surface area contributed by atoms with Gasteiger partial charge in [0.2, 0.25) is 5.91 Å². The van der Waals surface area contributed by atoms with Crippen LogP contribution in [-0.4, -0.2) is 41.1 Å². The van der Waals surface area contributed by atoms with Crippen molar-refractivity contribution in [2.45, 2.75) is 32.7 Å². The average Bonchev–Trinajstić information content (AvgIpc) is 3.64. The lowest BCUT2D eigenvalue weighted by Crippen LogP contribution is -2.48. The van der Waals surface area contributed by atoms with Gasteiger partial charge in [-0.25, -0.2) is 4.79 Å². The summed E-state index contributed by atoms with van der Waals surface area (Å²) in [5.74, 6) is 1.05. The number of hydrogen-bond donors (Lipinski definition) is 1. The Kier molecular flexibility index (Phi) is 7.49. The van der Waals surface area contributed by atoms with Crippen molar-refractivity contribution in [1.29, 1.82) is 0 Å². The molecule has 1 N–H and O–H groups in total. The summed E-state index contributed by atoms with van der Waals surface area (Å²) in [4.78, 5) is 30.9. The molecule has 0 fully saturated rings. The van der Waals surface area contributed by atoms with Gasteiger partial charge in [0.05, 0.1) is 35.6 Å². The predicted octanol–water partition coefficient (Wildman–Crippen LogP) is 6.24. The van der Waals surface area contributed by atoms with E-state index in [1.807, 2.05) is 79.9 Å². The van der Waals surface area contributed by atoms with E-state index in [0.717, 1.165) is 29.9 Å². The van der Waals surface area contributed by atoms with Gasteiger partial charge < -0.3 is 23.9 Å². The largest absolute Gasteiger partial charge is 0.492 e. The van der Waals surface area contributed by atoms with E-state index in [1.54, 1.807) is 22.1 Å². The third-order valence-corrected chi connectivity index (χ3v) is 6.62. The molecule has 4 aromatic rings. The number of nitrogens with one attached hydrogen (secondary N) is 1. The Hall–Kier alpha value is -4.46. The van der Waals surface area contributed by atoms with Crippen molar-refractivity contribution in [3.05, 3.63) is 96.7 Å². The van der Waals surface area contributed by atoms with Crippen molar-refractivity contribution in [3.8, 4) is 11.4 Å². The number of aromatic nitrogens is 1. The Balaban J connectivity index is 1.46. The third kappa shape index (κ3) is 4.89. The quantitative estimate of drug-likeness (QED) is 0.288. The van der Waals surface area contributed by atoms with Gasteiger partial charge in [0.15, 0.2) is 0 Å². The first kappa shape index (κ1) is 25.2. The third-order valence-electron chi connectivity index (χ3n) is 6.62. The first-order chi connectivity index (χ1) is 18.6. The number of carbonyl (C=O) groups is 2. The number of furan rings is 1. The normalized spacial score (nSPS) is 13.9. The monoisotopic (exact) mass is 512 g/mol. The van der Waals surface area contributed by atoms with Crippen LogP contribution in [0, 0.1) is 0 Å². The highest BCUT2D eigenvalue weighted by atomic mass is 16.5. The molecular formula is C30H32N4O4. The van der Waals surface area contributed by atoms with Gasteiger partial charge in [-0.05, 0) is 61.9 Å². The maximum absolute atomic E-state index is 14.1. The van der Waals surface area contributed by atoms with E-state index in [1.165, 1.54) is 0 Å². The van der Waals surface area contributed by atoms with Crippen LogP contribution in [0.2, 0.25) is 0 Å². The number of nitrogens with zero attached hydrogens (tertiary/aromatic N) is 3. The van der Waals surface area contributed by atoms with Crippen molar-refractivity contribution < 1.29 is 18.7 Å². The SMILES string of the molecule is CCCCN(CC(=O)N1c2ccccc2-n2cccc2C1c1ccco1)C(=O)Nc1ccccc1OCC. The van der Waals surface area contributed by atoms with E-state index in [0.29, 0.717) is 30.3 Å². The molecule has 1 atom stereocenters. The number of para-hydroxylation sites is 4. The maximum Gasteiger partial charge on any atom is 0.322 e. The highest BCUT2D eigenvalue weighted by Gasteiger charge is 2.38. The minimum atomic E-state index is -0.461. The number of benzene rings is 2. The van der Waals surface area contributed by atoms with E-state index in [9.17, 15) is 9.59 Å². The van der Waals surface area contributed by atoms with Crippen molar-refractivity contribution in [2.75, 3.05) is 29.9 Å². The van der Waals surface area contributed by atoms with E-state index in [2.05, 4.69) is 16.8 Å². The number of fused-ring (bicyclic) bond motifs is 3. The predicted molar refractivity (Wildman–Crippen MR) is 147 cm³/mol. The first-order valence-electron chi connectivity index (χ1n) is 13.0. The molecule has 196 valence electrons. The molecule has 3 amide bonds. The van der Waals surface area contributed by atoms with Gasteiger partial charge in [0.25, 0.3) is 0 Å². The summed E-state index contributed by atoms with van der Waals surface area (Å²) in [6.07, 6.45) is 5.27. The van der Waals surface area contributed by atoms with E-state index < -0.39 is 6.04 Å². The second-order valence-corrected chi connectivity index (χ2v) is 9.11. The van der Waals surface area contributed by atoms with Crippen molar-refractivity contribution in [3.63, 3.8) is 0 Å². The molecule has 1 aliphatic rings. The Labute approximate surface area is 222 Å². The van der Waals surface area contributed by atoms with Gasteiger partial charge in [0.1, 0.15) is 24.1 Å². The number of ether oxygens (including phenoxy) is 1. The number of urea groups is 1. The molecule has 38 heavy (non-hydrogen) atoms. The van der Waals surface area contributed by atoms with Gasteiger partial charge in [-0.2, -0.15) is 0 Å². The molecule has 5 rings (SSSR count). The molecule has 0 aliphatic carbocycles. The first-order valence-corrected chi connectivity index (χ1v) is 13.0. The summed E-state index contributed by atoms with van der Waals surface area (Å²) >= 11 is 0. The van der Waals surface area contributed by atoms with Gasteiger partial charge in [0, 0.05) is 12.7 Å². The summed E-state index contributed by atoms with van der Waals surface area (Å²) in [6.45, 7) is 4.80. The number of unbranched alkanes of at least 4 members (excludes halogenated alkanes) is 1. The molecule has 8 heteroatoms. The van der Waals surface area contributed by atoms with Crippen LogP contribution < -0.4 is 15.0 Å². The molecule has 0 saturated carbocycles. The zero-order valence-electron chi connectivity index (χ0n) is 21.7. The van der Waals surface area contributed by atoms with E-state index in [4.69, 9.17) is 9.15 Å². The molecule has 0 saturated heterocycles.